The molecular weight excluding hydrogens is 230 g/mol. The van der Waals surface area contributed by atoms with Crippen molar-refractivity contribution in [1.82, 2.24) is 4.90 Å². The smallest absolute Gasteiger partial charge is 0.332 e. The van der Waals surface area contributed by atoms with E-state index in [2.05, 4.69) is 25.7 Å². The van der Waals surface area contributed by atoms with E-state index in [1.807, 2.05) is 0 Å². The highest BCUT2D eigenvalue weighted by molar-refractivity contribution is 5.70. The molecule has 4 heteroatoms. The van der Waals surface area contributed by atoms with Gasteiger partial charge in [0.25, 0.3) is 0 Å². The maximum atomic E-state index is 11.1. The Kier molecular flexibility index (Phi) is 11.1. The van der Waals surface area contributed by atoms with Gasteiger partial charge >= 0.3 is 5.97 Å². The van der Waals surface area contributed by atoms with Crippen molar-refractivity contribution in [2.24, 2.45) is 0 Å². The molecule has 0 rings (SSSR count). The van der Waals surface area contributed by atoms with E-state index < -0.39 is 0 Å². The molecule has 0 aliphatic rings. The standard InChI is InChI=1S/C14H29NO3/c1-5-8-9-15(13(4)6-2)10-11-17-12-14(16)18-7-3/h13H,5-12H2,1-4H3. The van der Waals surface area contributed by atoms with Crippen molar-refractivity contribution >= 4 is 5.97 Å². The summed E-state index contributed by atoms with van der Waals surface area (Å²) in [5.41, 5.74) is 0. The van der Waals surface area contributed by atoms with Gasteiger partial charge in [-0.2, -0.15) is 0 Å². The summed E-state index contributed by atoms with van der Waals surface area (Å²) in [4.78, 5) is 13.5. The lowest BCUT2D eigenvalue weighted by Gasteiger charge is -2.28. The molecule has 0 aromatic rings. The SMILES string of the molecule is CCCCN(CCOCC(=O)OCC)C(C)CC. The molecule has 0 spiro atoms. The molecule has 0 fully saturated rings. The number of carbonyl (C=O) groups is 1. The average molecular weight is 259 g/mol. The third kappa shape index (κ3) is 8.48. The van der Waals surface area contributed by atoms with E-state index in [4.69, 9.17) is 9.47 Å². The highest BCUT2D eigenvalue weighted by Crippen LogP contribution is 2.05. The maximum absolute atomic E-state index is 11.1. The van der Waals surface area contributed by atoms with Crippen molar-refractivity contribution in [2.45, 2.75) is 53.0 Å². The fraction of sp³-hybridized carbons (Fsp3) is 0.929. The summed E-state index contributed by atoms with van der Waals surface area (Å²) in [5.74, 6) is -0.277. The van der Waals surface area contributed by atoms with Gasteiger partial charge in [0.1, 0.15) is 6.61 Å². The summed E-state index contributed by atoms with van der Waals surface area (Å²) in [6, 6.07) is 0.572. The predicted molar refractivity (Wildman–Crippen MR) is 73.7 cm³/mol. The van der Waals surface area contributed by atoms with Gasteiger partial charge in [-0.15, -0.1) is 0 Å². The zero-order valence-corrected chi connectivity index (χ0v) is 12.4. The van der Waals surface area contributed by atoms with Gasteiger partial charge < -0.3 is 9.47 Å². The largest absolute Gasteiger partial charge is 0.464 e. The number of ether oxygens (including phenoxy) is 2. The molecule has 0 N–H and O–H groups in total. The maximum Gasteiger partial charge on any atom is 0.332 e. The van der Waals surface area contributed by atoms with E-state index >= 15 is 0 Å². The van der Waals surface area contributed by atoms with E-state index in [1.165, 1.54) is 12.8 Å². The highest BCUT2D eigenvalue weighted by Gasteiger charge is 2.11. The summed E-state index contributed by atoms with van der Waals surface area (Å²) < 4.78 is 10.1. The van der Waals surface area contributed by atoms with Crippen LogP contribution in [0, 0.1) is 0 Å². The second-order valence-corrected chi connectivity index (χ2v) is 4.50. The van der Waals surface area contributed by atoms with Gasteiger partial charge in [0.15, 0.2) is 0 Å². The number of esters is 1. The van der Waals surface area contributed by atoms with Crippen LogP contribution in [0.15, 0.2) is 0 Å². The predicted octanol–water partition coefficient (Wildman–Crippen LogP) is 2.47. The summed E-state index contributed by atoms with van der Waals surface area (Å²) in [7, 11) is 0. The lowest BCUT2D eigenvalue weighted by molar-refractivity contribution is -0.148. The Balaban J connectivity index is 3.78. The van der Waals surface area contributed by atoms with Crippen LogP contribution in [-0.2, 0) is 14.3 Å². The molecular formula is C14H29NO3. The first kappa shape index (κ1) is 17.4. The summed E-state index contributed by atoms with van der Waals surface area (Å²) in [6.45, 7) is 11.5. The molecule has 0 saturated heterocycles. The normalized spacial score (nSPS) is 12.7. The third-order valence-corrected chi connectivity index (χ3v) is 3.06. The average Bonchev–Trinajstić information content (AvgIpc) is 2.37. The first-order valence-electron chi connectivity index (χ1n) is 7.13. The van der Waals surface area contributed by atoms with Gasteiger partial charge in [0.2, 0.25) is 0 Å². The van der Waals surface area contributed by atoms with Gasteiger partial charge in [0, 0.05) is 12.6 Å². The number of unbranched alkanes of at least 4 members (excludes halogenated alkanes) is 1. The highest BCUT2D eigenvalue weighted by atomic mass is 16.6. The number of carbonyl (C=O) groups excluding carboxylic acids is 1. The number of rotatable bonds is 11. The molecule has 0 bridgehead atoms. The molecule has 0 amide bonds. The Bertz CT molecular complexity index is 209. The van der Waals surface area contributed by atoms with Gasteiger partial charge in [-0.25, -0.2) is 4.79 Å². The molecule has 1 unspecified atom stereocenters. The van der Waals surface area contributed by atoms with Gasteiger partial charge in [-0.3, -0.25) is 4.90 Å². The monoisotopic (exact) mass is 259 g/mol. The van der Waals surface area contributed by atoms with Crippen LogP contribution >= 0.6 is 0 Å². The minimum atomic E-state index is -0.277. The first-order valence-corrected chi connectivity index (χ1v) is 7.13. The van der Waals surface area contributed by atoms with Gasteiger partial charge in [-0.1, -0.05) is 20.3 Å². The lowest BCUT2D eigenvalue weighted by atomic mass is 10.2. The van der Waals surface area contributed by atoms with E-state index in [1.54, 1.807) is 6.92 Å². The molecule has 0 aromatic heterocycles. The first-order chi connectivity index (χ1) is 8.65. The molecule has 0 radical (unpaired) electrons. The summed E-state index contributed by atoms with van der Waals surface area (Å²) in [5, 5.41) is 0. The van der Waals surface area contributed by atoms with Crippen LogP contribution in [0.5, 0.6) is 0 Å². The second kappa shape index (κ2) is 11.5. The second-order valence-electron chi connectivity index (χ2n) is 4.50. The molecule has 0 aromatic carbocycles. The molecule has 18 heavy (non-hydrogen) atoms. The van der Waals surface area contributed by atoms with Gasteiger partial charge in [-0.05, 0) is 33.2 Å². The molecule has 0 aliphatic carbocycles. The van der Waals surface area contributed by atoms with Crippen LogP contribution in [-0.4, -0.2) is 49.8 Å². The van der Waals surface area contributed by atoms with Crippen LogP contribution in [0.3, 0.4) is 0 Å². The fourth-order valence-corrected chi connectivity index (χ4v) is 1.71. The Morgan fingerprint density at radius 1 is 1.22 bits per heavy atom. The summed E-state index contributed by atoms with van der Waals surface area (Å²) >= 11 is 0. The number of hydrogen-bond donors (Lipinski definition) is 0. The number of hydrogen-bond acceptors (Lipinski definition) is 4. The van der Waals surface area contributed by atoms with Crippen LogP contribution < -0.4 is 0 Å². The fourth-order valence-electron chi connectivity index (χ4n) is 1.71. The van der Waals surface area contributed by atoms with Crippen molar-refractivity contribution in [1.29, 1.82) is 0 Å². The molecule has 4 nitrogen and oxygen atoms in total. The molecule has 0 aliphatic heterocycles. The van der Waals surface area contributed by atoms with Crippen molar-refractivity contribution in [2.75, 3.05) is 32.9 Å². The van der Waals surface area contributed by atoms with E-state index in [-0.39, 0.29) is 12.6 Å². The summed E-state index contributed by atoms with van der Waals surface area (Å²) in [6.07, 6.45) is 3.56. The Labute approximate surface area is 112 Å². The zero-order valence-electron chi connectivity index (χ0n) is 12.4. The molecule has 108 valence electrons. The number of nitrogens with zero attached hydrogens (tertiary/aromatic N) is 1. The van der Waals surface area contributed by atoms with Crippen LogP contribution in [0.2, 0.25) is 0 Å². The Morgan fingerprint density at radius 2 is 1.94 bits per heavy atom. The van der Waals surface area contributed by atoms with Crippen molar-refractivity contribution in [3.63, 3.8) is 0 Å². The Hall–Kier alpha value is -0.610. The molecule has 0 saturated carbocycles. The quantitative estimate of drug-likeness (QED) is 0.422. The van der Waals surface area contributed by atoms with E-state index in [9.17, 15) is 4.79 Å². The van der Waals surface area contributed by atoms with Crippen molar-refractivity contribution in [3.8, 4) is 0 Å². The van der Waals surface area contributed by atoms with E-state index in [0.29, 0.717) is 19.3 Å². The van der Waals surface area contributed by atoms with Crippen molar-refractivity contribution in [3.05, 3.63) is 0 Å². The topological polar surface area (TPSA) is 38.8 Å². The molecule has 1 atom stereocenters. The van der Waals surface area contributed by atoms with Crippen LogP contribution in [0.4, 0.5) is 0 Å². The third-order valence-electron chi connectivity index (χ3n) is 3.06. The van der Waals surface area contributed by atoms with Crippen molar-refractivity contribution < 1.29 is 14.3 Å². The minimum Gasteiger partial charge on any atom is -0.464 e. The Morgan fingerprint density at radius 3 is 2.50 bits per heavy atom. The van der Waals surface area contributed by atoms with Crippen LogP contribution in [0.25, 0.3) is 0 Å². The lowest BCUT2D eigenvalue weighted by Crippen LogP contribution is -2.36. The van der Waals surface area contributed by atoms with Crippen LogP contribution in [0.1, 0.15) is 47.0 Å². The molecule has 0 heterocycles. The zero-order chi connectivity index (χ0) is 13.8. The van der Waals surface area contributed by atoms with E-state index in [0.717, 1.165) is 19.5 Å². The van der Waals surface area contributed by atoms with Gasteiger partial charge in [0.05, 0.1) is 13.2 Å². The minimum absolute atomic E-state index is 0.0654.